The lowest BCUT2D eigenvalue weighted by Crippen LogP contribution is -2.47. The van der Waals surface area contributed by atoms with E-state index in [1.54, 1.807) is 0 Å². The second kappa shape index (κ2) is 5.65. The highest BCUT2D eigenvalue weighted by Crippen LogP contribution is 2.15. The van der Waals surface area contributed by atoms with E-state index in [0.29, 0.717) is 0 Å². The lowest BCUT2D eigenvalue weighted by molar-refractivity contribution is -0.146. The predicted molar refractivity (Wildman–Crippen MR) is 68.8 cm³/mol. The van der Waals surface area contributed by atoms with E-state index >= 15 is 0 Å². The number of likely N-dealkylation sites (tertiary alicyclic amines) is 1. The first kappa shape index (κ1) is 5.45. The molecule has 0 unspecified atom stereocenters. The summed E-state index contributed by atoms with van der Waals surface area (Å²) in [6.07, 6.45) is -6.38. The Hall–Kier alpha value is -2.17. The van der Waals surface area contributed by atoms with Crippen molar-refractivity contribution in [1.82, 2.24) is 10.2 Å². The lowest BCUT2D eigenvalue weighted by Gasteiger charge is -2.21. The Balaban J connectivity index is 2.32. The number of hydrogen-bond donors (Lipinski definition) is 1. The average Bonchev–Trinajstić information content (AvgIpc) is 2.75. The molecule has 1 N–H and O–H groups in total. The van der Waals surface area contributed by atoms with Gasteiger partial charge in [-0.25, -0.2) is 0 Å². The first-order valence-electron chi connectivity index (χ1n) is 10.3. The average molecular weight is 270 g/mol. The summed E-state index contributed by atoms with van der Waals surface area (Å²) in [5.74, 6) is -4.29. The first-order valence-corrected chi connectivity index (χ1v) is 5.26. The minimum atomic E-state index is -3.19. The minimum Gasteiger partial charge on any atom is -0.350 e. The van der Waals surface area contributed by atoms with Gasteiger partial charge in [-0.2, -0.15) is 0 Å². The molecule has 5 nitrogen and oxygen atoms in total. The zero-order chi connectivity index (χ0) is 22.6. The van der Waals surface area contributed by atoms with Crippen molar-refractivity contribution in [3.8, 4) is 0 Å². The Morgan fingerprint density at radius 3 is 2.58 bits per heavy atom. The Morgan fingerprint density at radius 1 is 1.42 bits per heavy atom. The van der Waals surface area contributed by atoms with Crippen LogP contribution in [0.4, 0.5) is 0 Å². The zero-order valence-corrected chi connectivity index (χ0v) is 9.83. The van der Waals surface area contributed by atoms with Crippen LogP contribution in [0.3, 0.4) is 0 Å². The van der Waals surface area contributed by atoms with Gasteiger partial charge >= 0.3 is 0 Å². The Kier molecular flexibility index (Phi) is 1.62. The van der Waals surface area contributed by atoms with Crippen LogP contribution in [0.2, 0.25) is 0 Å². The predicted octanol–water partition coefficient (Wildman–Crippen LogP) is 0.840. The maximum absolute atomic E-state index is 12.4. The number of amides is 3. The molecule has 1 fully saturated rings. The molecule has 5 heteroatoms. The van der Waals surface area contributed by atoms with Crippen LogP contribution in [-0.2, 0) is 20.9 Å². The highest BCUT2D eigenvalue weighted by molar-refractivity contribution is 6.05. The normalized spacial score (nSPS) is 31.1. The molecule has 0 aliphatic carbocycles. The van der Waals surface area contributed by atoms with Crippen molar-refractivity contribution in [1.29, 1.82) is 0 Å². The van der Waals surface area contributed by atoms with Crippen LogP contribution >= 0.6 is 0 Å². The summed E-state index contributed by atoms with van der Waals surface area (Å²) >= 11 is 0. The van der Waals surface area contributed by atoms with E-state index in [1.807, 2.05) is 5.32 Å². The monoisotopic (exact) mass is 270 g/mol. The van der Waals surface area contributed by atoms with E-state index in [9.17, 15) is 14.4 Å². The molecule has 0 spiro atoms. The van der Waals surface area contributed by atoms with Gasteiger partial charge in [0, 0.05) is 24.7 Å². The number of nitrogens with one attached hydrogen (secondary N) is 1. The number of rotatable bonds is 4. The molecular weight excluding hydrogens is 244 g/mol. The van der Waals surface area contributed by atoms with E-state index in [-0.39, 0.29) is 4.90 Å². The van der Waals surface area contributed by atoms with E-state index < -0.39 is 78.8 Å². The van der Waals surface area contributed by atoms with Crippen molar-refractivity contribution in [3.63, 3.8) is 0 Å². The van der Waals surface area contributed by atoms with Crippen LogP contribution in [0, 0.1) is 0 Å². The van der Waals surface area contributed by atoms with Gasteiger partial charge in [-0.05, 0) is 12.5 Å². The Labute approximate surface area is 125 Å². The topological polar surface area (TPSA) is 66.5 Å². The fraction of sp³-hybridized carbons (Fsp3) is 0.357. The molecule has 1 aliphatic heterocycles. The molecule has 0 bridgehead atoms. The highest BCUT2D eigenvalue weighted by atomic mass is 16.2. The first-order chi connectivity index (χ1) is 13.1. The SMILES string of the molecule is [2H]c1c([2H])c([2H])c([C@H]([2H])NC(=O)[C@@H](C)N2C(=O)C([2H])([2H])C([2H])([2H])C2=O)c([2H])c1[2H]. The van der Waals surface area contributed by atoms with Crippen LogP contribution in [0.25, 0.3) is 0 Å². The van der Waals surface area contributed by atoms with Gasteiger partial charge in [-0.1, -0.05) is 30.2 Å². The van der Waals surface area contributed by atoms with Crippen molar-refractivity contribution in [2.75, 3.05) is 0 Å². The third-order valence-corrected chi connectivity index (χ3v) is 2.36. The van der Waals surface area contributed by atoms with E-state index in [4.69, 9.17) is 13.7 Å². The second-order valence-electron chi connectivity index (χ2n) is 3.60. The number of carbonyl (C=O) groups is 3. The number of benzene rings is 1. The largest absolute Gasteiger partial charge is 0.350 e. The highest BCUT2D eigenvalue weighted by Gasteiger charge is 2.35. The maximum atomic E-state index is 12.4. The van der Waals surface area contributed by atoms with Crippen molar-refractivity contribution in [3.05, 3.63) is 35.8 Å². The van der Waals surface area contributed by atoms with Gasteiger partial charge in [-0.3, -0.25) is 19.3 Å². The summed E-state index contributed by atoms with van der Waals surface area (Å²) in [4.78, 5) is 36.8. The van der Waals surface area contributed by atoms with E-state index in [1.165, 1.54) is 0 Å². The van der Waals surface area contributed by atoms with E-state index in [2.05, 4.69) is 0 Å². The second-order valence-corrected chi connectivity index (χ2v) is 3.60. The molecule has 1 aromatic carbocycles. The molecule has 2 atom stereocenters. The molecule has 1 saturated heterocycles. The summed E-state index contributed by atoms with van der Waals surface area (Å²) in [5.41, 5.74) is -0.540. The van der Waals surface area contributed by atoms with Crippen LogP contribution in [0.15, 0.2) is 30.2 Å². The van der Waals surface area contributed by atoms with Crippen molar-refractivity contribution in [2.45, 2.75) is 32.2 Å². The molecule has 3 amide bonds. The number of imide groups is 1. The number of nitrogens with zero attached hydrogens (tertiary/aromatic N) is 1. The summed E-state index contributed by atoms with van der Waals surface area (Å²) in [6, 6.07) is -5.26. The maximum Gasteiger partial charge on any atom is 0.243 e. The van der Waals surface area contributed by atoms with Crippen molar-refractivity contribution >= 4 is 17.7 Å². The van der Waals surface area contributed by atoms with E-state index in [0.717, 1.165) is 6.92 Å². The third kappa shape index (κ3) is 2.99. The molecule has 1 aromatic rings. The molecule has 2 rings (SSSR count). The molecule has 1 aliphatic rings. The van der Waals surface area contributed by atoms with Gasteiger partial charge in [0.15, 0.2) is 0 Å². The fourth-order valence-electron chi connectivity index (χ4n) is 1.38. The number of hydrogen-bond acceptors (Lipinski definition) is 3. The molecule has 0 radical (unpaired) electrons. The summed E-state index contributed by atoms with van der Waals surface area (Å²) in [6.45, 7) is -0.850. The fourth-order valence-corrected chi connectivity index (χ4v) is 1.38. The van der Waals surface area contributed by atoms with Crippen LogP contribution in [0.1, 0.15) is 38.9 Å². The standard InChI is InChI=1S/C14H16N2O3/c1-10(16-12(17)7-8-13(16)18)14(19)15-9-11-5-3-2-4-6-11/h2-6,10H,7-9H2,1H3,(H,15,19)/t10-/m1/s1/i2D,3D,4D,5D,6D,7D2,8D2,9D/t9-,10+/m0. The van der Waals surface area contributed by atoms with Crippen molar-refractivity contribution < 1.29 is 28.1 Å². The van der Waals surface area contributed by atoms with Gasteiger partial charge in [0.05, 0.1) is 8.22 Å². The van der Waals surface area contributed by atoms with Crippen LogP contribution in [0.5, 0.6) is 0 Å². The van der Waals surface area contributed by atoms with Gasteiger partial charge in [0.25, 0.3) is 0 Å². The number of carbonyl (C=O) groups excluding carboxylic acids is 3. The summed E-state index contributed by atoms with van der Waals surface area (Å²) < 4.78 is 76.2. The van der Waals surface area contributed by atoms with Crippen LogP contribution < -0.4 is 5.32 Å². The minimum absolute atomic E-state index is 0.115. The summed E-state index contributed by atoms with van der Waals surface area (Å²) in [5, 5.41) is 1.99. The Morgan fingerprint density at radius 2 is 2.00 bits per heavy atom. The van der Waals surface area contributed by atoms with Gasteiger partial charge in [-0.15, -0.1) is 0 Å². The Bertz CT molecular complexity index is 864. The van der Waals surface area contributed by atoms with Gasteiger partial charge in [0.2, 0.25) is 17.7 Å². The molecule has 0 aromatic heterocycles. The molecule has 1 heterocycles. The van der Waals surface area contributed by atoms with Crippen LogP contribution in [-0.4, -0.2) is 28.7 Å². The molecule has 19 heavy (non-hydrogen) atoms. The smallest absolute Gasteiger partial charge is 0.243 e. The molecular formula is C14H16N2O3. The van der Waals surface area contributed by atoms with Gasteiger partial charge < -0.3 is 5.32 Å². The summed E-state index contributed by atoms with van der Waals surface area (Å²) in [7, 11) is 0. The molecule has 100 valence electrons. The quantitative estimate of drug-likeness (QED) is 0.824. The van der Waals surface area contributed by atoms with Crippen molar-refractivity contribution in [2.24, 2.45) is 0 Å². The molecule has 0 saturated carbocycles. The van der Waals surface area contributed by atoms with Gasteiger partial charge in [0.1, 0.15) is 6.04 Å². The zero-order valence-electron chi connectivity index (χ0n) is 19.8. The third-order valence-electron chi connectivity index (χ3n) is 2.36. The lowest BCUT2D eigenvalue weighted by atomic mass is 10.2.